The van der Waals surface area contributed by atoms with Gasteiger partial charge in [-0.1, -0.05) is 11.6 Å². The molecule has 9 heteroatoms. The van der Waals surface area contributed by atoms with E-state index in [-0.39, 0.29) is 5.82 Å². The molecule has 0 aliphatic carbocycles. The minimum atomic E-state index is -0.315. The van der Waals surface area contributed by atoms with Crippen molar-refractivity contribution in [3.63, 3.8) is 0 Å². The minimum Gasteiger partial charge on any atom is -0.384 e. The minimum absolute atomic E-state index is 0.315. The molecule has 1 aromatic heterocycles. The maximum Gasteiger partial charge on any atom is 0.192 e. The molecule has 0 bridgehead atoms. The van der Waals surface area contributed by atoms with E-state index in [4.69, 9.17) is 17.3 Å². The van der Waals surface area contributed by atoms with Crippen molar-refractivity contribution in [3.8, 4) is 0 Å². The maximum atomic E-state index is 14.2. The van der Waals surface area contributed by atoms with E-state index in [0.29, 0.717) is 22.2 Å². The predicted molar refractivity (Wildman–Crippen MR) is 107 cm³/mol. The van der Waals surface area contributed by atoms with E-state index in [0.717, 1.165) is 56.0 Å². The molecule has 0 saturated carbocycles. The van der Waals surface area contributed by atoms with Crippen LogP contribution >= 0.6 is 34.9 Å². The van der Waals surface area contributed by atoms with Crippen LogP contribution in [0.5, 0.6) is 0 Å². The molecule has 0 unspecified atom stereocenters. The lowest BCUT2D eigenvalue weighted by Crippen LogP contribution is -2.19. The second kappa shape index (κ2) is 11.5. The Balaban J connectivity index is 1.73. The summed E-state index contributed by atoms with van der Waals surface area (Å²) in [5.41, 5.74) is 6.05. The third-order valence-electron chi connectivity index (χ3n) is 3.36. The highest BCUT2D eigenvalue weighted by atomic mass is 35.5. The zero-order valence-corrected chi connectivity index (χ0v) is 16.2. The van der Waals surface area contributed by atoms with Gasteiger partial charge in [0.2, 0.25) is 0 Å². The summed E-state index contributed by atoms with van der Waals surface area (Å²) in [5.74, 6) is -0.315. The van der Waals surface area contributed by atoms with Crippen LogP contribution < -0.4 is 21.1 Å². The van der Waals surface area contributed by atoms with Gasteiger partial charge in [0.1, 0.15) is 5.82 Å². The number of nitrogens with two attached hydrogens (primary N) is 1. The Labute approximate surface area is 161 Å². The van der Waals surface area contributed by atoms with Crippen LogP contribution in [-0.4, -0.2) is 31.2 Å². The van der Waals surface area contributed by atoms with Crippen molar-refractivity contribution in [1.29, 1.82) is 0 Å². The largest absolute Gasteiger partial charge is 0.384 e. The lowest BCUT2D eigenvalue weighted by atomic mass is 10.2. The SMILES string of the molecule is NCCCNCCCCNc1cc(F)c(SNc2nccs2)cc1Cl. The Morgan fingerprint density at radius 1 is 1.20 bits per heavy atom. The van der Waals surface area contributed by atoms with Gasteiger partial charge in [0, 0.05) is 18.1 Å². The topological polar surface area (TPSA) is 75.0 Å². The summed E-state index contributed by atoms with van der Waals surface area (Å²) in [7, 11) is 0. The van der Waals surface area contributed by atoms with Gasteiger partial charge in [0.25, 0.3) is 0 Å². The van der Waals surface area contributed by atoms with Crippen molar-refractivity contribution in [3.05, 3.63) is 34.5 Å². The summed E-state index contributed by atoms with van der Waals surface area (Å²) < 4.78 is 17.2. The molecule has 0 aliphatic heterocycles. The lowest BCUT2D eigenvalue weighted by molar-refractivity contribution is 0.601. The normalized spacial score (nSPS) is 10.8. The molecule has 0 fully saturated rings. The second-order valence-electron chi connectivity index (χ2n) is 5.33. The number of unbranched alkanes of at least 4 members (excludes halogenated alkanes) is 1. The summed E-state index contributed by atoms with van der Waals surface area (Å²) in [5, 5.41) is 9.61. The monoisotopic (exact) mass is 403 g/mol. The zero-order chi connectivity index (χ0) is 17.9. The summed E-state index contributed by atoms with van der Waals surface area (Å²) in [6.07, 6.45) is 4.71. The number of hydrogen-bond acceptors (Lipinski definition) is 7. The van der Waals surface area contributed by atoms with E-state index in [2.05, 4.69) is 20.3 Å². The molecule has 1 aromatic carbocycles. The smallest absolute Gasteiger partial charge is 0.192 e. The van der Waals surface area contributed by atoms with E-state index in [1.54, 1.807) is 12.3 Å². The molecule has 5 nitrogen and oxygen atoms in total. The number of rotatable bonds is 12. The molecule has 2 aromatic rings. The average Bonchev–Trinajstić information content (AvgIpc) is 3.12. The number of hydrogen-bond donors (Lipinski definition) is 4. The van der Waals surface area contributed by atoms with E-state index in [9.17, 15) is 4.39 Å². The Hall–Kier alpha value is -1.06. The predicted octanol–water partition coefficient (Wildman–Crippen LogP) is 4.19. The Bertz CT molecular complexity index is 627. The number of benzene rings is 1. The first kappa shape index (κ1) is 20.3. The van der Waals surface area contributed by atoms with Gasteiger partial charge < -0.3 is 21.1 Å². The van der Waals surface area contributed by atoms with Crippen molar-refractivity contribution in [2.75, 3.05) is 36.2 Å². The van der Waals surface area contributed by atoms with Crippen molar-refractivity contribution >= 4 is 45.7 Å². The number of aromatic nitrogens is 1. The van der Waals surface area contributed by atoms with Crippen molar-refractivity contribution in [1.82, 2.24) is 10.3 Å². The summed E-state index contributed by atoms with van der Waals surface area (Å²) in [4.78, 5) is 4.53. The highest BCUT2D eigenvalue weighted by molar-refractivity contribution is 8.00. The van der Waals surface area contributed by atoms with Crippen LogP contribution in [0.2, 0.25) is 5.02 Å². The molecule has 0 spiro atoms. The van der Waals surface area contributed by atoms with Gasteiger partial charge in [-0.2, -0.15) is 0 Å². The highest BCUT2D eigenvalue weighted by Gasteiger charge is 2.10. The van der Waals surface area contributed by atoms with E-state index >= 15 is 0 Å². The molecule has 0 aliphatic rings. The number of nitrogens with zero attached hydrogens (tertiary/aromatic N) is 1. The summed E-state index contributed by atoms with van der Waals surface area (Å²) in [6, 6.07) is 3.06. The fourth-order valence-electron chi connectivity index (χ4n) is 2.06. The van der Waals surface area contributed by atoms with Gasteiger partial charge in [-0.3, -0.25) is 0 Å². The number of thiazole rings is 1. The fourth-order valence-corrected chi connectivity index (χ4v) is 3.63. The standard InChI is InChI=1S/C16H23ClFN5S2/c17-12-10-15(25-23-16-22-8-9-24-16)13(18)11-14(12)21-7-2-1-5-20-6-3-4-19/h8-11,20-21H,1-7,19H2,(H,22,23). The fraction of sp³-hybridized carbons (Fsp3) is 0.438. The van der Waals surface area contributed by atoms with Crippen LogP contribution in [0.3, 0.4) is 0 Å². The second-order valence-corrected chi connectivity index (χ2v) is 7.48. The van der Waals surface area contributed by atoms with Gasteiger partial charge >= 0.3 is 0 Å². The van der Waals surface area contributed by atoms with E-state index in [1.165, 1.54) is 17.4 Å². The van der Waals surface area contributed by atoms with E-state index < -0.39 is 0 Å². The highest BCUT2D eigenvalue weighted by Crippen LogP contribution is 2.32. The number of halogens is 2. The molecule has 0 radical (unpaired) electrons. The van der Waals surface area contributed by atoms with Crippen LogP contribution in [0.15, 0.2) is 28.6 Å². The van der Waals surface area contributed by atoms with Crippen molar-refractivity contribution in [2.45, 2.75) is 24.2 Å². The molecular formula is C16H23ClFN5S2. The first-order chi connectivity index (χ1) is 12.2. The maximum absolute atomic E-state index is 14.2. The number of anilines is 2. The van der Waals surface area contributed by atoms with Gasteiger partial charge in [-0.15, -0.1) is 11.3 Å². The molecule has 138 valence electrons. The third kappa shape index (κ3) is 7.37. The van der Waals surface area contributed by atoms with Crippen LogP contribution in [0.25, 0.3) is 0 Å². The van der Waals surface area contributed by atoms with Crippen LogP contribution in [0.1, 0.15) is 19.3 Å². The molecule has 0 atom stereocenters. The molecule has 1 heterocycles. The summed E-state index contributed by atoms with van der Waals surface area (Å²) >= 11 is 8.87. The molecule has 0 amide bonds. The van der Waals surface area contributed by atoms with Crippen molar-refractivity contribution in [2.24, 2.45) is 5.73 Å². The third-order valence-corrected chi connectivity index (χ3v) is 5.31. The van der Waals surface area contributed by atoms with Crippen LogP contribution in [-0.2, 0) is 0 Å². The molecule has 5 N–H and O–H groups in total. The first-order valence-electron chi connectivity index (χ1n) is 8.16. The summed E-state index contributed by atoms with van der Waals surface area (Å²) in [6.45, 7) is 3.38. The Morgan fingerprint density at radius 2 is 2.00 bits per heavy atom. The van der Waals surface area contributed by atoms with Crippen molar-refractivity contribution < 1.29 is 4.39 Å². The van der Waals surface area contributed by atoms with Gasteiger partial charge in [0.15, 0.2) is 5.13 Å². The van der Waals surface area contributed by atoms with Crippen LogP contribution in [0.4, 0.5) is 15.2 Å². The van der Waals surface area contributed by atoms with Gasteiger partial charge in [-0.25, -0.2) is 9.37 Å². The van der Waals surface area contributed by atoms with Gasteiger partial charge in [0.05, 0.1) is 15.6 Å². The number of nitrogens with one attached hydrogen (secondary N) is 3. The van der Waals surface area contributed by atoms with Gasteiger partial charge in [-0.05, 0) is 63.0 Å². The lowest BCUT2D eigenvalue weighted by Gasteiger charge is -2.11. The first-order valence-corrected chi connectivity index (χ1v) is 10.2. The molecule has 0 saturated heterocycles. The van der Waals surface area contributed by atoms with E-state index in [1.807, 2.05) is 5.38 Å². The molecule has 25 heavy (non-hydrogen) atoms. The average molecular weight is 404 g/mol. The van der Waals surface area contributed by atoms with Crippen LogP contribution in [0, 0.1) is 5.82 Å². The molecule has 2 rings (SSSR count). The Kier molecular flexibility index (Phi) is 9.35. The molecular weight excluding hydrogens is 381 g/mol. The quantitative estimate of drug-likeness (QED) is 0.314. The zero-order valence-electron chi connectivity index (χ0n) is 13.9. The Morgan fingerprint density at radius 3 is 2.76 bits per heavy atom.